The van der Waals surface area contributed by atoms with Gasteiger partial charge in [0, 0.05) is 0 Å². The fourth-order valence-corrected chi connectivity index (χ4v) is 3.60. The van der Waals surface area contributed by atoms with Gasteiger partial charge in [-0.15, -0.1) is 0 Å². The number of ether oxygens (including phenoxy) is 1. The van der Waals surface area contributed by atoms with Crippen molar-refractivity contribution in [2.45, 2.75) is 31.3 Å². The fourth-order valence-electron chi connectivity index (χ4n) is 2.52. The molecule has 5 nitrogen and oxygen atoms in total. The number of aromatic nitrogens is 2. The molecular formula is C14H16N2O3S. The van der Waals surface area contributed by atoms with Gasteiger partial charge in [-0.1, -0.05) is 18.2 Å². The normalized spacial score (nSPS) is 18.0. The zero-order valence-electron chi connectivity index (χ0n) is 11.2. The number of carbonyl (C=O) groups is 1. The third-order valence-electron chi connectivity index (χ3n) is 3.30. The van der Waals surface area contributed by atoms with Crippen LogP contribution in [0.5, 0.6) is 0 Å². The molecule has 1 aliphatic heterocycles. The van der Waals surface area contributed by atoms with E-state index in [4.69, 9.17) is 4.74 Å². The van der Waals surface area contributed by atoms with Gasteiger partial charge < -0.3 is 9.84 Å². The highest BCUT2D eigenvalue weighted by Crippen LogP contribution is 2.25. The summed E-state index contributed by atoms with van der Waals surface area (Å²) in [6, 6.07) is 7.85. The summed E-state index contributed by atoms with van der Waals surface area (Å²) in [5.74, 6) is 0.292. The predicted octanol–water partition coefficient (Wildman–Crippen LogP) is 0.326. The lowest BCUT2D eigenvalue weighted by molar-refractivity contribution is -0.735. The van der Waals surface area contributed by atoms with E-state index in [9.17, 15) is 9.90 Å². The van der Waals surface area contributed by atoms with E-state index in [-0.39, 0.29) is 12.5 Å². The minimum Gasteiger partial charge on any atom is -0.849 e. The maximum absolute atomic E-state index is 11.8. The molecule has 0 saturated heterocycles. The Labute approximate surface area is 121 Å². The number of nitrogens with zero attached hydrogens (tertiary/aromatic N) is 2. The second-order valence-corrected chi connectivity index (χ2v) is 5.69. The number of carbonyl (C=O) groups excluding carboxylic acids is 1. The molecule has 106 valence electrons. The molecular weight excluding hydrogens is 276 g/mol. The fraction of sp³-hybridized carbons (Fsp3) is 0.429. The Morgan fingerprint density at radius 1 is 1.55 bits per heavy atom. The lowest BCUT2D eigenvalue weighted by Gasteiger charge is -2.23. The third-order valence-corrected chi connectivity index (χ3v) is 4.54. The number of rotatable bonds is 3. The minimum absolute atomic E-state index is 0.188. The van der Waals surface area contributed by atoms with Crippen molar-refractivity contribution >= 4 is 28.8 Å². The number of hydrogen-bond donors (Lipinski definition) is 0. The van der Waals surface area contributed by atoms with Crippen molar-refractivity contribution in [2.75, 3.05) is 12.4 Å². The minimum atomic E-state index is -0.598. The highest BCUT2D eigenvalue weighted by atomic mass is 32.2. The Bertz CT molecular complexity index is 653. The van der Waals surface area contributed by atoms with Gasteiger partial charge in [-0.2, -0.15) is 0 Å². The quantitative estimate of drug-likeness (QED) is 0.604. The van der Waals surface area contributed by atoms with Crippen LogP contribution >= 0.6 is 11.8 Å². The van der Waals surface area contributed by atoms with E-state index in [0.717, 1.165) is 16.2 Å². The van der Waals surface area contributed by atoms with Gasteiger partial charge in [0.05, 0.1) is 13.2 Å². The Morgan fingerprint density at radius 3 is 3.15 bits per heavy atom. The van der Waals surface area contributed by atoms with Crippen molar-refractivity contribution in [1.29, 1.82) is 0 Å². The molecule has 2 heterocycles. The molecule has 1 aromatic heterocycles. The van der Waals surface area contributed by atoms with E-state index in [1.54, 1.807) is 6.92 Å². The molecule has 1 aliphatic rings. The molecule has 0 bridgehead atoms. The van der Waals surface area contributed by atoms with Gasteiger partial charge in [0.1, 0.15) is 0 Å². The Balaban J connectivity index is 2.09. The number of para-hydroxylation sites is 2. The summed E-state index contributed by atoms with van der Waals surface area (Å²) in [5, 5.41) is 12.7. The molecule has 0 aliphatic carbocycles. The molecule has 0 saturated carbocycles. The van der Waals surface area contributed by atoms with E-state index in [1.807, 2.05) is 33.4 Å². The molecule has 1 unspecified atom stereocenters. The van der Waals surface area contributed by atoms with Crippen molar-refractivity contribution in [3.63, 3.8) is 0 Å². The van der Waals surface area contributed by atoms with Gasteiger partial charge in [-0.05, 0) is 36.6 Å². The molecule has 0 fully saturated rings. The molecule has 1 aromatic carbocycles. The standard InChI is InChI=1S/C14H16N2O3S/c1-2-19-13(18)8-16-12-6-4-3-5-11(12)15-7-10(17)9-20-14(15)16/h3-6,10H,2,7-9H2,1H3. The van der Waals surface area contributed by atoms with Crippen LogP contribution in [0.3, 0.4) is 0 Å². The summed E-state index contributed by atoms with van der Waals surface area (Å²) in [6.45, 7) is 2.82. The molecule has 20 heavy (non-hydrogen) atoms. The molecule has 2 aromatic rings. The van der Waals surface area contributed by atoms with Crippen LogP contribution in [0.2, 0.25) is 0 Å². The maximum atomic E-state index is 11.8. The van der Waals surface area contributed by atoms with Crippen LogP contribution < -0.4 is 9.67 Å². The summed E-state index contributed by atoms with van der Waals surface area (Å²) in [5.41, 5.74) is 1.97. The second kappa shape index (κ2) is 5.46. The Kier molecular flexibility index (Phi) is 3.67. The number of imidazole rings is 1. The monoisotopic (exact) mass is 292 g/mol. The zero-order valence-corrected chi connectivity index (χ0v) is 12.1. The highest BCUT2D eigenvalue weighted by Gasteiger charge is 2.30. The first-order chi connectivity index (χ1) is 9.70. The number of hydrogen-bond acceptors (Lipinski definition) is 4. The first-order valence-corrected chi connectivity index (χ1v) is 7.64. The van der Waals surface area contributed by atoms with E-state index >= 15 is 0 Å². The first kappa shape index (κ1) is 13.5. The third kappa shape index (κ3) is 2.29. The van der Waals surface area contributed by atoms with Crippen LogP contribution in [0.15, 0.2) is 29.4 Å². The van der Waals surface area contributed by atoms with E-state index in [0.29, 0.717) is 18.9 Å². The highest BCUT2D eigenvalue weighted by molar-refractivity contribution is 7.99. The molecule has 0 amide bonds. The molecule has 3 rings (SSSR count). The van der Waals surface area contributed by atoms with Gasteiger partial charge in [0.15, 0.2) is 17.6 Å². The van der Waals surface area contributed by atoms with Crippen molar-refractivity contribution in [3.8, 4) is 0 Å². The zero-order chi connectivity index (χ0) is 14.1. The summed E-state index contributed by atoms with van der Waals surface area (Å²) in [6.07, 6.45) is -0.598. The smallest absolute Gasteiger partial charge is 0.348 e. The molecule has 0 N–H and O–H groups in total. The maximum Gasteiger partial charge on any atom is 0.348 e. The predicted molar refractivity (Wildman–Crippen MR) is 73.3 cm³/mol. The van der Waals surface area contributed by atoms with Gasteiger partial charge in [-0.25, -0.2) is 13.9 Å². The van der Waals surface area contributed by atoms with Gasteiger partial charge >= 0.3 is 11.1 Å². The van der Waals surface area contributed by atoms with Crippen molar-refractivity contribution in [1.82, 2.24) is 4.57 Å². The summed E-state index contributed by atoms with van der Waals surface area (Å²) < 4.78 is 9.00. The van der Waals surface area contributed by atoms with E-state index in [1.165, 1.54) is 11.8 Å². The lowest BCUT2D eigenvalue weighted by atomic mass is 10.3. The summed E-state index contributed by atoms with van der Waals surface area (Å²) >= 11 is 1.51. The van der Waals surface area contributed by atoms with Crippen LogP contribution in [0.4, 0.5) is 0 Å². The van der Waals surface area contributed by atoms with Crippen LogP contribution in [0.25, 0.3) is 11.0 Å². The molecule has 6 heteroatoms. The number of fused-ring (bicyclic) bond motifs is 3. The van der Waals surface area contributed by atoms with E-state index in [2.05, 4.69) is 0 Å². The average Bonchev–Trinajstić information content (AvgIpc) is 2.74. The number of thioether (sulfide) groups is 1. The first-order valence-electron chi connectivity index (χ1n) is 6.66. The Hall–Kier alpha value is -1.53. The molecule has 1 atom stereocenters. The number of esters is 1. The second-order valence-electron chi connectivity index (χ2n) is 4.71. The van der Waals surface area contributed by atoms with Gasteiger partial charge in [0.25, 0.3) is 0 Å². The van der Waals surface area contributed by atoms with Crippen LogP contribution in [-0.2, 0) is 22.6 Å². The molecule has 0 radical (unpaired) electrons. The summed E-state index contributed by atoms with van der Waals surface area (Å²) in [7, 11) is 0. The van der Waals surface area contributed by atoms with Crippen molar-refractivity contribution in [3.05, 3.63) is 24.3 Å². The van der Waals surface area contributed by atoms with E-state index < -0.39 is 6.10 Å². The van der Waals surface area contributed by atoms with Crippen LogP contribution in [0, 0.1) is 0 Å². The topological polar surface area (TPSA) is 58.2 Å². The van der Waals surface area contributed by atoms with Crippen molar-refractivity contribution < 1.29 is 19.2 Å². The largest absolute Gasteiger partial charge is 0.849 e. The lowest BCUT2D eigenvalue weighted by Crippen LogP contribution is -2.51. The number of benzene rings is 1. The van der Waals surface area contributed by atoms with Gasteiger partial charge in [-0.3, -0.25) is 0 Å². The summed E-state index contributed by atoms with van der Waals surface area (Å²) in [4.78, 5) is 11.8. The van der Waals surface area contributed by atoms with Crippen LogP contribution in [0.1, 0.15) is 6.92 Å². The van der Waals surface area contributed by atoms with Gasteiger partial charge in [0.2, 0.25) is 0 Å². The average molecular weight is 292 g/mol. The Morgan fingerprint density at radius 2 is 2.35 bits per heavy atom. The molecule has 0 spiro atoms. The SMILES string of the molecule is CCOC(=O)Cn1c2[n+](c3ccccc31)CC([O-])CS2. The van der Waals surface area contributed by atoms with Crippen LogP contribution in [-0.4, -0.2) is 29.0 Å². The van der Waals surface area contributed by atoms with Crippen molar-refractivity contribution in [2.24, 2.45) is 0 Å².